The van der Waals surface area contributed by atoms with Gasteiger partial charge in [0, 0.05) is 7.05 Å². The van der Waals surface area contributed by atoms with Crippen LogP contribution in [0.3, 0.4) is 0 Å². The zero-order valence-electron chi connectivity index (χ0n) is 10.6. The van der Waals surface area contributed by atoms with Crippen molar-refractivity contribution >= 4 is 5.69 Å². The Labute approximate surface area is 103 Å². The zero-order chi connectivity index (χ0) is 12.4. The fourth-order valence-electron chi connectivity index (χ4n) is 2.19. The van der Waals surface area contributed by atoms with Crippen LogP contribution >= 0.6 is 0 Å². The van der Waals surface area contributed by atoms with Gasteiger partial charge in [0.2, 0.25) is 0 Å². The fraction of sp³-hybridized carbons (Fsp3) is 0.500. The van der Waals surface area contributed by atoms with Gasteiger partial charge in [-0.05, 0) is 31.0 Å². The van der Waals surface area contributed by atoms with Crippen LogP contribution in [0.2, 0.25) is 0 Å². The molecule has 1 heterocycles. The number of anilines is 1. The second-order valence-corrected chi connectivity index (χ2v) is 4.53. The van der Waals surface area contributed by atoms with Crippen LogP contribution in [-0.2, 0) is 6.42 Å². The molecule has 0 saturated heterocycles. The molecule has 17 heavy (non-hydrogen) atoms. The maximum absolute atomic E-state index is 8.80. The Morgan fingerprint density at radius 3 is 2.88 bits per heavy atom. The first-order valence-corrected chi connectivity index (χ1v) is 6.06. The third kappa shape index (κ3) is 2.08. The van der Waals surface area contributed by atoms with Crippen LogP contribution in [0, 0.1) is 11.3 Å². The number of hydrogen-bond acceptors (Lipinski definition) is 3. The lowest BCUT2D eigenvalue weighted by Gasteiger charge is -2.39. The van der Waals surface area contributed by atoms with Crippen LogP contribution in [0.4, 0.5) is 5.69 Å². The Morgan fingerprint density at radius 1 is 1.47 bits per heavy atom. The molecule has 0 fully saturated rings. The van der Waals surface area contributed by atoms with Gasteiger partial charge in [-0.25, -0.2) is 0 Å². The summed E-state index contributed by atoms with van der Waals surface area (Å²) >= 11 is 0. The Kier molecular flexibility index (Phi) is 3.23. The second-order valence-electron chi connectivity index (χ2n) is 4.53. The summed E-state index contributed by atoms with van der Waals surface area (Å²) in [6.07, 6.45) is 1.42. The SMILES string of the molecule is CCc1ccc2c(c1)N(C)C(C)C(CC#N)O2. The van der Waals surface area contributed by atoms with E-state index >= 15 is 0 Å². The van der Waals surface area contributed by atoms with Crippen molar-refractivity contribution in [3.05, 3.63) is 23.8 Å². The normalized spacial score (nSPS) is 22.6. The van der Waals surface area contributed by atoms with Gasteiger partial charge in [-0.15, -0.1) is 0 Å². The summed E-state index contributed by atoms with van der Waals surface area (Å²) in [5, 5.41) is 8.80. The van der Waals surface area contributed by atoms with Gasteiger partial charge in [0.25, 0.3) is 0 Å². The minimum Gasteiger partial charge on any atom is -0.485 e. The summed E-state index contributed by atoms with van der Waals surface area (Å²) in [7, 11) is 2.07. The molecule has 1 aliphatic rings. The number of rotatable bonds is 2. The number of benzene rings is 1. The third-order valence-electron chi connectivity index (χ3n) is 3.53. The molecule has 0 N–H and O–H groups in total. The maximum atomic E-state index is 8.80. The number of nitrogens with zero attached hydrogens (tertiary/aromatic N) is 2. The lowest BCUT2D eigenvalue weighted by molar-refractivity contribution is 0.165. The van der Waals surface area contributed by atoms with E-state index in [4.69, 9.17) is 10.00 Å². The number of fused-ring (bicyclic) bond motifs is 1. The zero-order valence-corrected chi connectivity index (χ0v) is 10.6. The van der Waals surface area contributed by atoms with E-state index in [9.17, 15) is 0 Å². The van der Waals surface area contributed by atoms with Crippen molar-refractivity contribution in [2.75, 3.05) is 11.9 Å². The summed E-state index contributed by atoms with van der Waals surface area (Å²) in [5.41, 5.74) is 2.44. The molecule has 2 unspecified atom stereocenters. The van der Waals surface area contributed by atoms with Gasteiger partial charge in [0.15, 0.2) is 0 Å². The molecule has 90 valence electrons. The predicted molar refractivity (Wildman–Crippen MR) is 68.3 cm³/mol. The Morgan fingerprint density at radius 2 is 2.24 bits per heavy atom. The van der Waals surface area contributed by atoms with Gasteiger partial charge in [0.1, 0.15) is 11.9 Å². The van der Waals surface area contributed by atoms with E-state index in [-0.39, 0.29) is 12.1 Å². The summed E-state index contributed by atoms with van der Waals surface area (Å²) in [6.45, 7) is 4.25. The topological polar surface area (TPSA) is 36.3 Å². The van der Waals surface area contributed by atoms with Crippen molar-refractivity contribution in [1.29, 1.82) is 5.26 Å². The van der Waals surface area contributed by atoms with E-state index in [1.54, 1.807) is 0 Å². The fourth-order valence-corrected chi connectivity index (χ4v) is 2.19. The minimum absolute atomic E-state index is 0.0371. The van der Waals surface area contributed by atoms with Crippen molar-refractivity contribution < 1.29 is 4.74 Å². The Balaban J connectivity index is 2.35. The molecule has 3 nitrogen and oxygen atoms in total. The number of ether oxygens (including phenoxy) is 1. The summed E-state index contributed by atoms with van der Waals surface area (Å²) in [4.78, 5) is 2.21. The lowest BCUT2D eigenvalue weighted by Crippen LogP contribution is -2.45. The summed E-state index contributed by atoms with van der Waals surface area (Å²) in [5.74, 6) is 0.892. The molecule has 1 aliphatic heterocycles. The second kappa shape index (κ2) is 4.67. The monoisotopic (exact) mass is 230 g/mol. The highest BCUT2D eigenvalue weighted by atomic mass is 16.5. The average molecular weight is 230 g/mol. The summed E-state index contributed by atoms with van der Waals surface area (Å²) < 4.78 is 5.89. The maximum Gasteiger partial charge on any atom is 0.143 e. The molecule has 1 aromatic carbocycles. The Bertz CT molecular complexity index is 450. The highest BCUT2D eigenvalue weighted by molar-refractivity contribution is 5.62. The largest absolute Gasteiger partial charge is 0.485 e. The van der Waals surface area contributed by atoms with E-state index in [1.807, 2.05) is 6.07 Å². The molecule has 1 aromatic rings. The number of aryl methyl sites for hydroxylation is 1. The molecule has 3 heteroatoms. The van der Waals surface area contributed by atoms with Crippen LogP contribution in [0.5, 0.6) is 5.75 Å². The van der Waals surface area contributed by atoms with Crippen LogP contribution in [-0.4, -0.2) is 19.2 Å². The van der Waals surface area contributed by atoms with Gasteiger partial charge in [0.05, 0.1) is 24.2 Å². The smallest absolute Gasteiger partial charge is 0.143 e. The van der Waals surface area contributed by atoms with Crippen molar-refractivity contribution in [3.8, 4) is 11.8 Å². The van der Waals surface area contributed by atoms with Crippen LogP contribution in [0.25, 0.3) is 0 Å². The molecule has 2 rings (SSSR count). The Hall–Kier alpha value is -1.69. The van der Waals surface area contributed by atoms with Gasteiger partial charge in [-0.1, -0.05) is 13.0 Å². The first-order valence-electron chi connectivity index (χ1n) is 6.06. The van der Waals surface area contributed by atoms with Crippen LogP contribution < -0.4 is 9.64 Å². The summed E-state index contributed by atoms with van der Waals surface area (Å²) in [6, 6.07) is 8.70. The van der Waals surface area contributed by atoms with E-state index in [2.05, 4.69) is 44.0 Å². The highest BCUT2D eigenvalue weighted by Gasteiger charge is 2.30. The van der Waals surface area contributed by atoms with Gasteiger partial charge in [-0.2, -0.15) is 5.26 Å². The third-order valence-corrected chi connectivity index (χ3v) is 3.53. The van der Waals surface area contributed by atoms with Crippen LogP contribution in [0.15, 0.2) is 18.2 Å². The van der Waals surface area contributed by atoms with Crippen molar-refractivity contribution in [2.45, 2.75) is 38.8 Å². The highest BCUT2D eigenvalue weighted by Crippen LogP contribution is 2.36. The van der Waals surface area contributed by atoms with Crippen molar-refractivity contribution in [1.82, 2.24) is 0 Å². The molecule has 0 spiro atoms. The molecule has 0 radical (unpaired) electrons. The number of likely N-dealkylation sites (N-methyl/N-ethyl adjacent to an activating group) is 1. The predicted octanol–water partition coefficient (Wildman–Crippen LogP) is 2.75. The lowest BCUT2D eigenvalue weighted by atomic mass is 10.0. The average Bonchev–Trinajstić information content (AvgIpc) is 2.35. The number of hydrogen-bond donors (Lipinski definition) is 0. The van der Waals surface area contributed by atoms with Gasteiger partial charge >= 0.3 is 0 Å². The number of nitriles is 1. The molecule has 2 atom stereocenters. The molecule has 0 saturated carbocycles. The molecule has 0 aliphatic carbocycles. The quantitative estimate of drug-likeness (QED) is 0.783. The van der Waals surface area contributed by atoms with E-state index in [1.165, 1.54) is 5.56 Å². The van der Waals surface area contributed by atoms with E-state index in [0.29, 0.717) is 6.42 Å². The molecular weight excluding hydrogens is 212 g/mol. The van der Waals surface area contributed by atoms with Crippen molar-refractivity contribution in [2.24, 2.45) is 0 Å². The van der Waals surface area contributed by atoms with Gasteiger partial charge < -0.3 is 9.64 Å². The van der Waals surface area contributed by atoms with E-state index < -0.39 is 0 Å². The molecule has 0 aromatic heterocycles. The van der Waals surface area contributed by atoms with Crippen LogP contribution in [0.1, 0.15) is 25.8 Å². The first-order chi connectivity index (χ1) is 8.17. The van der Waals surface area contributed by atoms with Crippen molar-refractivity contribution in [3.63, 3.8) is 0 Å². The van der Waals surface area contributed by atoms with Gasteiger partial charge in [-0.3, -0.25) is 0 Å². The minimum atomic E-state index is -0.0371. The molecular formula is C14H18N2O. The van der Waals surface area contributed by atoms with E-state index in [0.717, 1.165) is 17.9 Å². The molecule has 0 bridgehead atoms. The molecule has 0 amide bonds. The first kappa shape index (κ1) is 11.8. The standard InChI is InChI=1S/C14H18N2O/c1-4-11-5-6-14-12(9-11)16(3)10(2)13(17-14)7-8-15/h5-6,9-10,13H,4,7H2,1-3H3.